The lowest BCUT2D eigenvalue weighted by Gasteiger charge is -2.35. The summed E-state index contributed by atoms with van der Waals surface area (Å²) < 4.78 is 10.8. The lowest BCUT2D eigenvalue weighted by Crippen LogP contribution is -2.43. The van der Waals surface area contributed by atoms with E-state index in [2.05, 4.69) is 15.5 Å². The van der Waals surface area contributed by atoms with E-state index in [9.17, 15) is 9.59 Å². The fourth-order valence-electron chi connectivity index (χ4n) is 3.81. The quantitative estimate of drug-likeness (QED) is 0.718. The van der Waals surface area contributed by atoms with Crippen LogP contribution in [-0.2, 0) is 9.53 Å². The zero-order valence-electron chi connectivity index (χ0n) is 17.7. The zero-order chi connectivity index (χ0) is 21.8. The van der Waals surface area contributed by atoms with Gasteiger partial charge in [0.1, 0.15) is 5.75 Å². The van der Waals surface area contributed by atoms with Gasteiger partial charge in [0.05, 0.1) is 37.3 Å². The topological polar surface area (TPSA) is 79.9 Å². The predicted molar refractivity (Wildman–Crippen MR) is 121 cm³/mol. The molecular weight excluding hydrogens is 414 g/mol. The van der Waals surface area contributed by atoms with Crippen LogP contribution in [0.3, 0.4) is 0 Å². The van der Waals surface area contributed by atoms with Crippen LogP contribution >= 0.6 is 11.8 Å². The van der Waals surface area contributed by atoms with Crippen LogP contribution in [0.5, 0.6) is 5.75 Å². The summed E-state index contributed by atoms with van der Waals surface area (Å²) in [5, 5.41) is 5.83. The van der Waals surface area contributed by atoms with Crippen LogP contribution in [0.25, 0.3) is 0 Å². The van der Waals surface area contributed by atoms with E-state index in [1.54, 1.807) is 13.2 Å². The van der Waals surface area contributed by atoms with Crippen molar-refractivity contribution in [2.45, 2.75) is 23.1 Å². The molecule has 0 spiro atoms. The van der Waals surface area contributed by atoms with Crippen molar-refractivity contribution in [2.75, 3.05) is 45.3 Å². The van der Waals surface area contributed by atoms with Crippen molar-refractivity contribution < 1.29 is 19.1 Å². The number of nitrogens with zero attached hydrogens (tertiary/aromatic N) is 1. The molecule has 2 N–H and O–H groups in total. The number of nitrogens with one attached hydrogen (secondary N) is 2. The number of anilines is 1. The van der Waals surface area contributed by atoms with Crippen LogP contribution in [0.15, 0.2) is 47.4 Å². The van der Waals surface area contributed by atoms with Gasteiger partial charge >= 0.3 is 0 Å². The van der Waals surface area contributed by atoms with Gasteiger partial charge in [0, 0.05) is 30.1 Å². The van der Waals surface area contributed by atoms with Gasteiger partial charge in [-0.3, -0.25) is 14.5 Å². The minimum absolute atomic E-state index is 0.0347. The number of ether oxygens (including phenoxy) is 2. The molecule has 2 heterocycles. The van der Waals surface area contributed by atoms with Crippen molar-refractivity contribution in [3.63, 3.8) is 0 Å². The first-order valence-electron chi connectivity index (χ1n) is 10.4. The lowest BCUT2D eigenvalue weighted by atomic mass is 10.0. The van der Waals surface area contributed by atoms with Gasteiger partial charge in [-0.1, -0.05) is 12.1 Å². The van der Waals surface area contributed by atoms with Gasteiger partial charge in [0.2, 0.25) is 5.91 Å². The Kier molecular flexibility index (Phi) is 6.80. The summed E-state index contributed by atoms with van der Waals surface area (Å²) in [6, 6.07) is 13.4. The average Bonchev–Trinajstić information content (AvgIpc) is 2.80. The molecule has 2 aliphatic heterocycles. The Morgan fingerprint density at radius 2 is 2.00 bits per heavy atom. The molecule has 0 radical (unpaired) electrons. The summed E-state index contributed by atoms with van der Waals surface area (Å²) >= 11 is 1.51. The SMILES string of the molecule is COc1ccc([C@H](CNC(=O)c2ccc3c(c2)NC(=O)[C@@H](C)S3)N2CCOCC2)cc1. The van der Waals surface area contributed by atoms with Crippen LogP contribution in [0.4, 0.5) is 5.69 Å². The first-order valence-corrected chi connectivity index (χ1v) is 11.3. The average molecular weight is 442 g/mol. The summed E-state index contributed by atoms with van der Waals surface area (Å²) in [6.45, 7) is 5.33. The second-order valence-corrected chi connectivity index (χ2v) is 8.99. The van der Waals surface area contributed by atoms with Gasteiger partial charge in [-0.25, -0.2) is 0 Å². The van der Waals surface area contributed by atoms with E-state index in [1.807, 2.05) is 43.3 Å². The largest absolute Gasteiger partial charge is 0.497 e. The number of methoxy groups -OCH3 is 1. The van der Waals surface area contributed by atoms with E-state index in [4.69, 9.17) is 9.47 Å². The van der Waals surface area contributed by atoms with Crippen molar-refractivity contribution in [3.8, 4) is 5.75 Å². The molecule has 164 valence electrons. The lowest BCUT2D eigenvalue weighted by molar-refractivity contribution is -0.115. The van der Waals surface area contributed by atoms with Gasteiger partial charge in [-0.15, -0.1) is 11.8 Å². The molecule has 2 aromatic carbocycles. The van der Waals surface area contributed by atoms with Gasteiger partial charge in [0.25, 0.3) is 5.91 Å². The van der Waals surface area contributed by atoms with Crippen molar-refractivity contribution in [1.82, 2.24) is 10.2 Å². The van der Waals surface area contributed by atoms with Crippen molar-refractivity contribution >= 4 is 29.3 Å². The summed E-state index contributed by atoms with van der Waals surface area (Å²) in [5.41, 5.74) is 2.34. The molecule has 4 rings (SSSR count). The number of thioether (sulfide) groups is 1. The van der Waals surface area contributed by atoms with Crippen LogP contribution in [0, 0.1) is 0 Å². The number of morpholine rings is 1. The molecule has 1 fully saturated rings. The molecule has 8 heteroatoms. The summed E-state index contributed by atoms with van der Waals surface area (Å²) in [6.07, 6.45) is 0. The maximum Gasteiger partial charge on any atom is 0.251 e. The van der Waals surface area contributed by atoms with Crippen molar-refractivity contribution in [3.05, 3.63) is 53.6 Å². The van der Waals surface area contributed by atoms with E-state index in [1.165, 1.54) is 11.8 Å². The molecular formula is C23H27N3O4S. The smallest absolute Gasteiger partial charge is 0.251 e. The van der Waals surface area contributed by atoms with Crippen molar-refractivity contribution in [2.24, 2.45) is 0 Å². The molecule has 2 aromatic rings. The molecule has 0 bridgehead atoms. The number of rotatable bonds is 6. The molecule has 0 saturated carbocycles. The van der Waals surface area contributed by atoms with Crippen LogP contribution in [-0.4, -0.2) is 61.9 Å². The number of hydrogen-bond acceptors (Lipinski definition) is 6. The molecule has 2 amide bonds. The van der Waals surface area contributed by atoms with Crippen LogP contribution in [0.1, 0.15) is 28.9 Å². The number of fused-ring (bicyclic) bond motifs is 1. The van der Waals surface area contributed by atoms with Gasteiger partial charge < -0.3 is 20.1 Å². The van der Waals surface area contributed by atoms with Gasteiger partial charge in [-0.05, 0) is 42.8 Å². The fraction of sp³-hybridized carbons (Fsp3) is 0.391. The van der Waals surface area contributed by atoms with Crippen LogP contribution < -0.4 is 15.4 Å². The highest BCUT2D eigenvalue weighted by Gasteiger charge is 2.25. The third kappa shape index (κ3) is 5.03. The third-order valence-corrected chi connectivity index (χ3v) is 6.79. The third-order valence-electron chi connectivity index (χ3n) is 5.62. The first-order chi connectivity index (χ1) is 15.0. The highest BCUT2D eigenvalue weighted by Crippen LogP contribution is 2.36. The van der Waals surface area contributed by atoms with E-state index >= 15 is 0 Å². The second-order valence-electron chi connectivity index (χ2n) is 7.61. The highest BCUT2D eigenvalue weighted by atomic mass is 32.2. The number of carbonyl (C=O) groups excluding carboxylic acids is 2. The van der Waals surface area contributed by atoms with E-state index in [0.29, 0.717) is 31.0 Å². The van der Waals surface area contributed by atoms with Gasteiger partial charge in [0.15, 0.2) is 0 Å². The molecule has 31 heavy (non-hydrogen) atoms. The standard InChI is InChI=1S/C23H27N3O4S/c1-15-22(27)25-19-13-17(5-8-21(19)31-15)23(28)24-14-20(26-9-11-30-12-10-26)16-3-6-18(29-2)7-4-16/h3-8,13,15,20H,9-12,14H2,1-2H3,(H,24,28)(H,25,27)/t15-,20+/m1/s1. The molecule has 2 aliphatic rings. The van der Waals surface area contributed by atoms with Crippen LogP contribution in [0.2, 0.25) is 0 Å². The fourth-order valence-corrected chi connectivity index (χ4v) is 4.74. The molecule has 0 unspecified atom stereocenters. The summed E-state index contributed by atoms with van der Waals surface area (Å²) in [7, 11) is 1.65. The maximum absolute atomic E-state index is 12.9. The van der Waals surface area contributed by atoms with E-state index in [0.717, 1.165) is 29.3 Å². The van der Waals surface area contributed by atoms with Gasteiger partial charge in [-0.2, -0.15) is 0 Å². The van der Waals surface area contributed by atoms with E-state index < -0.39 is 0 Å². The summed E-state index contributed by atoms with van der Waals surface area (Å²) in [5.74, 6) is 0.603. The Labute approximate surface area is 186 Å². The van der Waals surface area contributed by atoms with E-state index in [-0.39, 0.29) is 23.1 Å². The molecule has 7 nitrogen and oxygen atoms in total. The second kappa shape index (κ2) is 9.72. The Morgan fingerprint density at radius 3 is 2.71 bits per heavy atom. The Morgan fingerprint density at radius 1 is 1.26 bits per heavy atom. The first kappa shape index (κ1) is 21.7. The maximum atomic E-state index is 12.9. The molecule has 0 aromatic heterocycles. The zero-order valence-corrected chi connectivity index (χ0v) is 18.5. The minimum Gasteiger partial charge on any atom is -0.497 e. The van der Waals surface area contributed by atoms with Crippen molar-refractivity contribution in [1.29, 1.82) is 0 Å². The number of benzene rings is 2. The minimum atomic E-state index is -0.160. The number of carbonyl (C=O) groups is 2. The Hall–Kier alpha value is -2.55. The molecule has 2 atom stereocenters. The Balaban J connectivity index is 1.48. The summed E-state index contributed by atoms with van der Waals surface area (Å²) in [4.78, 5) is 28.2. The predicted octanol–water partition coefficient (Wildman–Crippen LogP) is 2.93. The number of amides is 2. The molecule has 1 saturated heterocycles. The Bertz CT molecular complexity index is 944. The number of hydrogen-bond donors (Lipinski definition) is 2. The monoisotopic (exact) mass is 441 g/mol. The molecule has 0 aliphatic carbocycles. The highest BCUT2D eigenvalue weighted by molar-refractivity contribution is 8.00. The normalized spacial score (nSPS) is 19.8.